The second kappa shape index (κ2) is 6.62. The van der Waals surface area contributed by atoms with Gasteiger partial charge in [-0.15, -0.1) is 0 Å². The lowest BCUT2D eigenvalue weighted by Crippen LogP contribution is -2.07. The number of aryl methyl sites for hydroxylation is 1. The van der Waals surface area contributed by atoms with Gasteiger partial charge in [0.2, 0.25) is 5.91 Å². The molecule has 112 valence electrons. The first-order valence-corrected chi connectivity index (χ1v) is 6.62. The van der Waals surface area contributed by atoms with Crippen molar-refractivity contribution in [2.24, 2.45) is 0 Å². The number of hydrogen-bond acceptors (Lipinski definition) is 4. The molecule has 0 saturated heterocycles. The maximum absolute atomic E-state index is 11.3. The van der Waals surface area contributed by atoms with Crippen LogP contribution in [0.1, 0.15) is 16.8 Å². The molecule has 1 heterocycles. The zero-order valence-electron chi connectivity index (χ0n) is 12.1. The van der Waals surface area contributed by atoms with Crippen molar-refractivity contribution in [3.63, 3.8) is 0 Å². The fourth-order valence-corrected chi connectivity index (χ4v) is 2.02. The summed E-state index contributed by atoms with van der Waals surface area (Å²) in [6.07, 6.45) is 3.10. The van der Waals surface area contributed by atoms with Crippen LogP contribution in [0.4, 0.5) is 11.4 Å². The summed E-state index contributed by atoms with van der Waals surface area (Å²) < 4.78 is 0. The van der Waals surface area contributed by atoms with Crippen LogP contribution < -0.4 is 5.32 Å². The highest BCUT2D eigenvalue weighted by Gasteiger charge is 2.15. The van der Waals surface area contributed by atoms with Gasteiger partial charge in [-0.25, -0.2) is 0 Å². The van der Waals surface area contributed by atoms with E-state index >= 15 is 0 Å². The Labute approximate surface area is 127 Å². The maximum Gasteiger partial charge on any atom is 0.291 e. The minimum absolute atomic E-state index is 0.000491. The highest BCUT2D eigenvalue weighted by atomic mass is 16.6. The van der Waals surface area contributed by atoms with Gasteiger partial charge >= 0.3 is 0 Å². The first kappa shape index (κ1) is 15.4. The molecule has 2 aromatic rings. The molecule has 0 atom stereocenters. The maximum atomic E-state index is 11.3. The van der Waals surface area contributed by atoms with Gasteiger partial charge in [-0.1, -0.05) is 18.7 Å². The van der Waals surface area contributed by atoms with E-state index in [2.05, 4.69) is 16.9 Å². The third kappa shape index (κ3) is 3.76. The Kier molecular flexibility index (Phi) is 4.63. The van der Waals surface area contributed by atoms with Crippen molar-refractivity contribution in [2.75, 3.05) is 5.32 Å². The van der Waals surface area contributed by atoms with E-state index in [0.717, 1.165) is 11.1 Å². The van der Waals surface area contributed by atoms with E-state index in [-0.39, 0.29) is 11.6 Å². The van der Waals surface area contributed by atoms with Crippen LogP contribution in [0.5, 0.6) is 0 Å². The Bertz CT molecular complexity index is 741. The van der Waals surface area contributed by atoms with Gasteiger partial charge in [0.1, 0.15) is 5.69 Å². The molecule has 0 radical (unpaired) electrons. The third-order valence-corrected chi connectivity index (χ3v) is 3.03. The van der Waals surface area contributed by atoms with Crippen molar-refractivity contribution < 1.29 is 9.72 Å². The van der Waals surface area contributed by atoms with Crippen molar-refractivity contribution >= 4 is 17.3 Å². The molecule has 1 aromatic carbocycles. The van der Waals surface area contributed by atoms with Crippen molar-refractivity contribution in [1.82, 2.24) is 4.98 Å². The molecule has 0 unspecified atom stereocenters. The van der Waals surface area contributed by atoms with Gasteiger partial charge < -0.3 is 5.32 Å². The van der Waals surface area contributed by atoms with Crippen molar-refractivity contribution in [2.45, 2.75) is 13.3 Å². The van der Waals surface area contributed by atoms with Gasteiger partial charge in [0.05, 0.1) is 4.92 Å². The first-order chi connectivity index (χ1) is 10.5. The molecule has 0 bridgehead atoms. The number of aromatic nitrogens is 1. The molecule has 0 fully saturated rings. The zero-order valence-corrected chi connectivity index (χ0v) is 12.1. The number of benzene rings is 1. The number of nitro groups is 1. The van der Waals surface area contributed by atoms with Crippen LogP contribution in [0.15, 0.2) is 49.2 Å². The second-order valence-corrected chi connectivity index (χ2v) is 4.81. The Morgan fingerprint density at radius 1 is 1.45 bits per heavy atom. The lowest BCUT2D eigenvalue weighted by atomic mass is 10.1. The zero-order chi connectivity index (χ0) is 16.1. The van der Waals surface area contributed by atoms with E-state index < -0.39 is 4.92 Å². The summed E-state index contributed by atoms with van der Waals surface area (Å²) in [6, 6.07) is 8.60. The number of nitrogens with zero attached hydrogens (tertiary/aromatic N) is 2. The number of pyridine rings is 1. The first-order valence-electron chi connectivity index (χ1n) is 6.62. The van der Waals surface area contributed by atoms with Crippen LogP contribution in [0.25, 0.3) is 0 Å². The average Bonchev–Trinajstić information content (AvgIpc) is 2.49. The standard InChI is InChI=1S/C16H15N3O3/c1-3-16(20)18-13-6-4-5-12(8-13)9-14-15(19(21)22)7-11(2)10-17-14/h3-8,10H,1,9H2,2H3,(H,18,20). The largest absolute Gasteiger partial charge is 0.323 e. The number of rotatable bonds is 5. The quantitative estimate of drug-likeness (QED) is 0.522. The SMILES string of the molecule is C=CC(=O)Nc1cccc(Cc2ncc(C)cc2[N+](=O)[O-])c1. The summed E-state index contributed by atoms with van der Waals surface area (Å²) in [4.78, 5) is 26.1. The summed E-state index contributed by atoms with van der Waals surface area (Å²) in [5, 5.41) is 13.8. The highest BCUT2D eigenvalue weighted by molar-refractivity contribution is 5.98. The van der Waals surface area contributed by atoms with E-state index in [1.54, 1.807) is 31.3 Å². The summed E-state index contributed by atoms with van der Waals surface area (Å²) in [5.41, 5.74) is 2.56. The molecule has 2 rings (SSSR count). The monoisotopic (exact) mass is 297 g/mol. The predicted octanol–water partition coefficient (Wildman–Crippen LogP) is 3.01. The number of hydrogen-bond donors (Lipinski definition) is 1. The third-order valence-electron chi connectivity index (χ3n) is 3.03. The van der Waals surface area contributed by atoms with Gasteiger partial charge in [0.15, 0.2) is 0 Å². The van der Waals surface area contributed by atoms with Gasteiger partial charge in [-0.05, 0) is 36.3 Å². The lowest BCUT2D eigenvalue weighted by Gasteiger charge is -2.06. The molecule has 0 saturated carbocycles. The number of carbonyl (C=O) groups excluding carboxylic acids is 1. The van der Waals surface area contributed by atoms with Gasteiger partial charge in [-0.3, -0.25) is 19.9 Å². The van der Waals surface area contributed by atoms with Crippen LogP contribution in [-0.2, 0) is 11.2 Å². The Morgan fingerprint density at radius 2 is 2.23 bits per heavy atom. The molecule has 1 N–H and O–H groups in total. The fraction of sp³-hybridized carbons (Fsp3) is 0.125. The molecule has 1 amide bonds. The average molecular weight is 297 g/mol. The molecule has 6 heteroatoms. The highest BCUT2D eigenvalue weighted by Crippen LogP contribution is 2.22. The minimum atomic E-state index is -0.432. The fourth-order valence-electron chi connectivity index (χ4n) is 2.02. The van der Waals surface area contributed by atoms with Crippen molar-refractivity contribution in [3.05, 3.63) is 76.1 Å². The number of amides is 1. The number of carbonyl (C=O) groups is 1. The molecule has 22 heavy (non-hydrogen) atoms. The van der Waals surface area contributed by atoms with Crippen LogP contribution in [0.3, 0.4) is 0 Å². The van der Waals surface area contributed by atoms with Crippen LogP contribution in [0, 0.1) is 17.0 Å². The van der Waals surface area contributed by atoms with E-state index in [0.29, 0.717) is 17.8 Å². The van der Waals surface area contributed by atoms with E-state index in [4.69, 9.17) is 0 Å². The summed E-state index contributed by atoms with van der Waals surface area (Å²) in [6.45, 7) is 5.15. The van der Waals surface area contributed by atoms with Gasteiger partial charge in [0, 0.05) is 24.4 Å². The Morgan fingerprint density at radius 3 is 2.91 bits per heavy atom. The molecular formula is C16H15N3O3. The van der Waals surface area contributed by atoms with Crippen LogP contribution in [0.2, 0.25) is 0 Å². The molecular weight excluding hydrogens is 282 g/mol. The van der Waals surface area contributed by atoms with Gasteiger partial charge in [0.25, 0.3) is 5.69 Å². The molecule has 0 aliphatic heterocycles. The molecule has 0 aliphatic rings. The smallest absolute Gasteiger partial charge is 0.291 e. The minimum Gasteiger partial charge on any atom is -0.323 e. The second-order valence-electron chi connectivity index (χ2n) is 4.81. The Balaban J connectivity index is 2.28. The lowest BCUT2D eigenvalue weighted by molar-refractivity contribution is -0.385. The van der Waals surface area contributed by atoms with Crippen LogP contribution >= 0.6 is 0 Å². The summed E-state index contributed by atoms with van der Waals surface area (Å²) in [5.74, 6) is -0.309. The van der Waals surface area contributed by atoms with Crippen LogP contribution in [-0.4, -0.2) is 15.8 Å². The molecule has 1 aromatic heterocycles. The van der Waals surface area contributed by atoms with E-state index in [9.17, 15) is 14.9 Å². The molecule has 0 spiro atoms. The molecule has 0 aliphatic carbocycles. The van der Waals surface area contributed by atoms with Gasteiger partial charge in [-0.2, -0.15) is 0 Å². The molecule has 6 nitrogen and oxygen atoms in total. The van der Waals surface area contributed by atoms with E-state index in [1.165, 1.54) is 12.1 Å². The normalized spacial score (nSPS) is 10.0. The van der Waals surface area contributed by atoms with Crippen molar-refractivity contribution in [3.8, 4) is 0 Å². The number of nitrogens with one attached hydrogen (secondary N) is 1. The Hall–Kier alpha value is -3.02. The summed E-state index contributed by atoms with van der Waals surface area (Å²) >= 11 is 0. The summed E-state index contributed by atoms with van der Waals surface area (Å²) in [7, 11) is 0. The topological polar surface area (TPSA) is 85.1 Å². The van der Waals surface area contributed by atoms with Crippen molar-refractivity contribution in [1.29, 1.82) is 0 Å². The number of anilines is 1. The van der Waals surface area contributed by atoms with E-state index in [1.807, 2.05) is 6.07 Å². The predicted molar refractivity (Wildman–Crippen MR) is 83.7 cm³/mol.